The van der Waals surface area contributed by atoms with Crippen molar-refractivity contribution in [2.45, 2.75) is 38.1 Å². The average Bonchev–Trinajstić information content (AvgIpc) is 3.27. The van der Waals surface area contributed by atoms with Crippen LogP contribution < -0.4 is 0 Å². The lowest BCUT2D eigenvalue weighted by molar-refractivity contribution is 0.0661. The van der Waals surface area contributed by atoms with Gasteiger partial charge < -0.3 is 4.90 Å². The molecule has 7 heteroatoms. The summed E-state index contributed by atoms with van der Waals surface area (Å²) in [6, 6.07) is 5.80. The quantitative estimate of drug-likeness (QED) is 0.724. The van der Waals surface area contributed by atoms with Crippen LogP contribution in [0, 0.1) is 5.92 Å². The van der Waals surface area contributed by atoms with E-state index < -0.39 is 0 Å². The average molecular weight is 350 g/mol. The third-order valence-corrected chi connectivity index (χ3v) is 5.46. The number of carbonyl (C=O) groups excluding carboxylic acids is 1. The second-order valence-electron chi connectivity index (χ2n) is 7.49. The monoisotopic (exact) mass is 350 g/mol. The molecule has 1 amide bonds. The van der Waals surface area contributed by atoms with Crippen LogP contribution in [0.5, 0.6) is 0 Å². The highest BCUT2D eigenvalue weighted by molar-refractivity contribution is 6.00. The van der Waals surface area contributed by atoms with Crippen molar-refractivity contribution in [2.24, 2.45) is 5.92 Å². The summed E-state index contributed by atoms with van der Waals surface area (Å²) in [7, 11) is 0. The molecule has 2 fully saturated rings. The molecular weight excluding hydrogens is 328 g/mol. The Labute approximate surface area is 151 Å². The summed E-state index contributed by atoms with van der Waals surface area (Å²) in [5.41, 5.74) is 2.67. The van der Waals surface area contributed by atoms with Gasteiger partial charge in [-0.1, -0.05) is 11.3 Å². The van der Waals surface area contributed by atoms with Crippen molar-refractivity contribution in [3.05, 3.63) is 48.0 Å². The second kappa shape index (κ2) is 6.23. The van der Waals surface area contributed by atoms with Crippen molar-refractivity contribution in [3.8, 4) is 0 Å². The van der Waals surface area contributed by atoms with Crippen molar-refractivity contribution >= 4 is 11.4 Å². The molecule has 0 N–H and O–H groups in total. The van der Waals surface area contributed by atoms with Gasteiger partial charge >= 0.3 is 0 Å². The van der Waals surface area contributed by atoms with Gasteiger partial charge in [0.25, 0.3) is 5.91 Å². The maximum absolute atomic E-state index is 13.0. The summed E-state index contributed by atoms with van der Waals surface area (Å²) in [6.07, 6.45) is 10.3. The third-order valence-electron chi connectivity index (χ3n) is 5.46. The number of hydrogen-bond donors (Lipinski definition) is 0. The van der Waals surface area contributed by atoms with E-state index >= 15 is 0 Å². The lowest BCUT2D eigenvalue weighted by Crippen LogP contribution is -2.41. The molecule has 1 aliphatic heterocycles. The molecule has 3 aromatic rings. The number of piperidine rings is 1. The van der Waals surface area contributed by atoms with Crippen LogP contribution in [-0.2, 0) is 6.54 Å². The van der Waals surface area contributed by atoms with Crippen molar-refractivity contribution in [1.82, 2.24) is 29.5 Å². The van der Waals surface area contributed by atoms with Crippen LogP contribution in [0.25, 0.3) is 5.52 Å². The summed E-state index contributed by atoms with van der Waals surface area (Å²) in [6.45, 7) is 2.41. The Balaban J connectivity index is 1.29. The van der Waals surface area contributed by atoms with E-state index in [1.54, 1.807) is 10.7 Å². The van der Waals surface area contributed by atoms with E-state index in [1.165, 1.54) is 12.8 Å². The Kier molecular flexibility index (Phi) is 3.72. The fourth-order valence-corrected chi connectivity index (χ4v) is 3.90. The van der Waals surface area contributed by atoms with Crippen molar-refractivity contribution < 1.29 is 4.79 Å². The molecule has 26 heavy (non-hydrogen) atoms. The van der Waals surface area contributed by atoms with Gasteiger partial charge in [0.2, 0.25) is 0 Å². The maximum Gasteiger partial charge on any atom is 0.257 e. The van der Waals surface area contributed by atoms with Gasteiger partial charge in [-0.3, -0.25) is 9.48 Å². The number of rotatable bonds is 4. The second-order valence-corrected chi connectivity index (χ2v) is 7.49. The van der Waals surface area contributed by atoms with E-state index in [-0.39, 0.29) is 5.91 Å². The van der Waals surface area contributed by atoms with Gasteiger partial charge in [0.1, 0.15) is 0 Å². The van der Waals surface area contributed by atoms with Crippen LogP contribution in [-0.4, -0.2) is 48.5 Å². The van der Waals surface area contributed by atoms with E-state index in [0.717, 1.165) is 43.7 Å². The van der Waals surface area contributed by atoms with E-state index in [2.05, 4.69) is 21.6 Å². The minimum Gasteiger partial charge on any atom is -0.338 e. The van der Waals surface area contributed by atoms with Crippen LogP contribution >= 0.6 is 0 Å². The van der Waals surface area contributed by atoms with Gasteiger partial charge in [0.15, 0.2) is 0 Å². The molecule has 2 aliphatic rings. The Hall–Kier alpha value is -2.70. The molecule has 7 nitrogen and oxygen atoms in total. The Morgan fingerprint density at radius 1 is 1.23 bits per heavy atom. The number of carbonyl (C=O) groups is 1. The number of fused-ring (bicyclic) bond motifs is 1. The van der Waals surface area contributed by atoms with Gasteiger partial charge in [0, 0.05) is 37.9 Å². The highest BCUT2D eigenvalue weighted by Gasteiger charge is 2.29. The maximum atomic E-state index is 13.0. The van der Waals surface area contributed by atoms with Gasteiger partial charge in [-0.05, 0) is 43.7 Å². The number of amides is 1. The van der Waals surface area contributed by atoms with Gasteiger partial charge in [-0.15, -0.1) is 5.10 Å². The minimum atomic E-state index is 0.0770. The van der Waals surface area contributed by atoms with Crippen molar-refractivity contribution in [2.75, 3.05) is 13.1 Å². The third kappa shape index (κ3) is 2.87. The first-order chi connectivity index (χ1) is 12.8. The largest absolute Gasteiger partial charge is 0.338 e. The molecule has 134 valence electrons. The summed E-state index contributed by atoms with van der Waals surface area (Å²) < 4.78 is 3.71. The molecule has 4 heterocycles. The zero-order valence-electron chi connectivity index (χ0n) is 14.7. The molecule has 3 aromatic heterocycles. The van der Waals surface area contributed by atoms with Crippen LogP contribution in [0.3, 0.4) is 0 Å². The SMILES string of the molecule is O=C(c1cnn2ccccc12)N1CCC[C@H](Cn2cc(C3CC3)nn2)C1. The predicted octanol–water partition coefficient (Wildman–Crippen LogP) is 2.36. The van der Waals surface area contributed by atoms with Crippen LogP contribution in [0.2, 0.25) is 0 Å². The summed E-state index contributed by atoms with van der Waals surface area (Å²) in [5, 5.41) is 12.9. The number of hydrogen-bond acceptors (Lipinski definition) is 4. The van der Waals surface area contributed by atoms with Gasteiger partial charge in [-0.25, -0.2) is 4.52 Å². The molecule has 1 atom stereocenters. The highest BCUT2D eigenvalue weighted by atomic mass is 16.2. The van der Waals surface area contributed by atoms with E-state index in [1.807, 2.05) is 34.0 Å². The first-order valence-corrected chi connectivity index (χ1v) is 9.39. The zero-order chi connectivity index (χ0) is 17.5. The molecule has 0 unspecified atom stereocenters. The molecule has 0 bridgehead atoms. The standard InChI is InChI=1S/C19H22N6O/c26-19(16-10-20-25-9-2-1-5-18(16)25)23-8-3-4-14(11-23)12-24-13-17(21-22-24)15-6-7-15/h1-2,5,9-10,13-15H,3-4,6-8,11-12H2/t14-/m0/s1. The summed E-state index contributed by atoms with van der Waals surface area (Å²) in [4.78, 5) is 15.0. The number of nitrogens with zero attached hydrogens (tertiary/aromatic N) is 6. The summed E-state index contributed by atoms with van der Waals surface area (Å²) >= 11 is 0. The topological polar surface area (TPSA) is 68.3 Å². The smallest absolute Gasteiger partial charge is 0.257 e. The lowest BCUT2D eigenvalue weighted by Gasteiger charge is -2.32. The van der Waals surface area contributed by atoms with Gasteiger partial charge in [0.05, 0.1) is 23.0 Å². The Bertz CT molecular complexity index is 940. The molecule has 1 aliphatic carbocycles. The lowest BCUT2D eigenvalue weighted by atomic mass is 9.97. The highest BCUT2D eigenvalue weighted by Crippen LogP contribution is 2.38. The number of pyridine rings is 1. The number of likely N-dealkylation sites (tertiary alicyclic amines) is 1. The zero-order valence-corrected chi connectivity index (χ0v) is 14.7. The molecule has 0 radical (unpaired) electrons. The minimum absolute atomic E-state index is 0.0770. The molecule has 0 aromatic carbocycles. The van der Waals surface area contributed by atoms with Crippen molar-refractivity contribution in [3.63, 3.8) is 0 Å². The van der Waals surface area contributed by atoms with E-state index in [0.29, 0.717) is 17.4 Å². The van der Waals surface area contributed by atoms with Crippen LogP contribution in [0.4, 0.5) is 0 Å². The first kappa shape index (κ1) is 15.5. The Morgan fingerprint density at radius 3 is 3.04 bits per heavy atom. The molecule has 0 spiro atoms. The molecule has 1 saturated heterocycles. The molecule has 5 rings (SSSR count). The van der Waals surface area contributed by atoms with E-state index in [9.17, 15) is 4.79 Å². The normalized spacial score (nSPS) is 20.6. The fourth-order valence-electron chi connectivity index (χ4n) is 3.90. The molecular formula is C19H22N6O. The van der Waals surface area contributed by atoms with E-state index in [4.69, 9.17) is 0 Å². The number of aromatic nitrogens is 5. The molecule has 1 saturated carbocycles. The predicted molar refractivity (Wildman–Crippen MR) is 95.8 cm³/mol. The van der Waals surface area contributed by atoms with Crippen LogP contribution in [0.1, 0.15) is 47.7 Å². The summed E-state index contributed by atoms with van der Waals surface area (Å²) in [5.74, 6) is 1.13. The fraction of sp³-hybridized carbons (Fsp3) is 0.474. The van der Waals surface area contributed by atoms with Gasteiger partial charge in [-0.2, -0.15) is 5.10 Å². The first-order valence-electron chi connectivity index (χ1n) is 9.39. The Morgan fingerprint density at radius 2 is 2.15 bits per heavy atom. The van der Waals surface area contributed by atoms with Crippen LogP contribution in [0.15, 0.2) is 36.8 Å². The van der Waals surface area contributed by atoms with Crippen molar-refractivity contribution in [1.29, 1.82) is 0 Å².